The lowest BCUT2D eigenvalue weighted by Crippen LogP contribution is -2.03. The molecular weight excluding hydrogens is 252 g/mol. The van der Waals surface area contributed by atoms with Crippen molar-refractivity contribution in [1.82, 2.24) is 0 Å². The fourth-order valence-corrected chi connectivity index (χ4v) is 7.18. The molecule has 0 bridgehead atoms. The smallest absolute Gasteiger partial charge is 0.322 e. The second kappa shape index (κ2) is 4.11. The van der Waals surface area contributed by atoms with Crippen LogP contribution in [-0.2, 0) is 4.57 Å². The third kappa shape index (κ3) is 4.28. The van der Waals surface area contributed by atoms with Crippen molar-refractivity contribution >= 4 is 46.6 Å². The first-order valence-electron chi connectivity index (χ1n) is 2.72. The zero-order chi connectivity index (χ0) is 9.28. The molecule has 0 saturated carbocycles. The molecule has 8 heteroatoms. The fraction of sp³-hybridized carbons (Fsp3) is 1.00. The zero-order valence-electron chi connectivity index (χ0n) is 5.62. The molecule has 1 atom stereocenters. The van der Waals surface area contributed by atoms with Crippen LogP contribution in [0.25, 0.3) is 0 Å². The number of halogens is 3. The van der Waals surface area contributed by atoms with Crippen LogP contribution in [0.15, 0.2) is 0 Å². The monoisotopic (exact) mass is 259 g/mol. The molecule has 0 spiro atoms. The first-order chi connectivity index (χ1) is 4.69. The molecule has 0 aromatic heterocycles. The maximum atomic E-state index is 10.7. The van der Waals surface area contributed by atoms with Gasteiger partial charge in [-0.3, -0.25) is 4.57 Å². The highest BCUT2D eigenvalue weighted by Gasteiger charge is 2.53. The zero-order valence-corrected chi connectivity index (χ0v) is 9.67. The predicted octanol–water partition coefficient (Wildman–Crippen LogP) is 3.38. The van der Waals surface area contributed by atoms with Gasteiger partial charge >= 0.3 is 12.9 Å². The lowest BCUT2D eigenvalue weighted by atomic mass is 10.6. The summed E-state index contributed by atoms with van der Waals surface area (Å²) < 4.78 is 10.7. The van der Waals surface area contributed by atoms with Crippen LogP contribution < -0.4 is 0 Å². The van der Waals surface area contributed by atoms with E-state index in [4.69, 9.17) is 43.5 Å². The molecular formula is C3H8Cl3O3P2+. The van der Waals surface area contributed by atoms with Crippen LogP contribution >= 0.6 is 46.6 Å². The first-order valence-corrected chi connectivity index (χ1v) is 8.98. The third-order valence-corrected chi connectivity index (χ3v) is 8.56. The largest absolute Gasteiger partial charge is 0.369 e. The lowest BCUT2D eigenvalue weighted by molar-refractivity contribution is 0.368. The van der Waals surface area contributed by atoms with Crippen molar-refractivity contribution in [2.24, 2.45) is 0 Å². The van der Waals surface area contributed by atoms with E-state index < -0.39 is 18.3 Å². The molecule has 0 aliphatic carbocycles. The number of hydrogen-bond acceptors (Lipinski definition) is 1. The van der Waals surface area contributed by atoms with Crippen molar-refractivity contribution in [3.8, 4) is 0 Å². The van der Waals surface area contributed by atoms with Crippen molar-refractivity contribution in [2.75, 3.05) is 0 Å². The topological polar surface area (TPSA) is 57.5 Å². The average molecular weight is 260 g/mol. The Hall–Kier alpha value is 1.45. The van der Waals surface area contributed by atoms with E-state index in [-0.39, 0.29) is 6.42 Å². The molecule has 0 radical (unpaired) electrons. The molecule has 0 amide bonds. The van der Waals surface area contributed by atoms with Crippen LogP contribution in [0, 0.1) is 0 Å². The van der Waals surface area contributed by atoms with Gasteiger partial charge in [0.2, 0.25) is 5.40 Å². The minimum Gasteiger partial charge on any atom is -0.322 e. The van der Waals surface area contributed by atoms with Crippen molar-refractivity contribution in [3.63, 3.8) is 0 Å². The van der Waals surface area contributed by atoms with E-state index in [1.807, 2.05) is 0 Å². The molecule has 0 fully saturated rings. The maximum Gasteiger partial charge on any atom is 0.369 e. The molecule has 0 aliphatic heterocycles. The summed E-state index contributed by atoms with van der Waals surface area (Å²) >= 11 is 16.3. The van der Waals surface area contributed by atoms with Gasteiger partial charge in [-0.15, -0.1) is 0 Å². The van der Waals surface area contributed by atoms with E-state index in [9.17, 15) is 4.57 Å². The molecule has 68 valence electrons. The summed E-state index contributed by atoms with van der Waals surface area (Å²) in [5.41, 5.74) is 0. The Balaban J connectivity index is 4.57. The molecule has 0 aliphatic rings. The van der Waals surface area contributed by atoms with Crippen molar-refractivity contribution < 1.29 is 14.4 Å². The van der Waals surface area contributed by atoms with Gasteiger partial charge < -0.3 is 9.79 Å². The molecule has 1 unspecified atom stereocenters. The highest BCUT2D eigenvalue weighted by atomic mass is 36.1. The van der Waals surface area contributed by atoms with Crippen LogP contribution in [0.4, 0.5) is 0 Å². The van der Waals surface area contributed by atoms with Crippen LogP contribution in [-0.4, -0.2) is 15.2 Å². The second-order valence-corrected chi connectivity index (χ2v) is 12.1. The summed E-state index contributed by atoms with van der Waals surface area (Å²) in [4.78, 5) is 17.4. The summed E-state index contributed by atoms with van der Waals surface area (Å²) in [5, 5.41) is -4.10. The Labute approximate surface area is 79.9 Å². The van der Waals surface area contributed by atoms with Crippen molar-refractivity contribution in [3.05, 3.63) is 0 Å². The summed E-state index contributed by atoms with van der Waals surface area (Å²) in [7, 11) is -4.24. The van der Waals surface area contributed by atoms with E-state index in [1.54, 1.807) is 6.92 Å². The van der Waals surface area contributed by atoms with Gasteiger partial charge in [-0.2, -0.15) is 0 Å². The summed E-state index contributed by atoms with van der Waals surface area (Å²) in [5.74, 6) is 0. The summed E-state index contributed by atoms with van der Waals surface area (Å²) in [6.07, 6.45) is 0.175. The van der Waals surface area contributed by atoms with Crippen LogP contribution in [0.3, 0.4) is 0 Å². The van der Waals surface area contributed by atoms with Gasteiger partial charge in [0.15, 0.2) is 0 Å². The van der Waals surface area contributed by atoms with Gasteiger partial charge in [-0.1, -0.05) is 6.92 Å². The average Bonchev–Trinajstić information content (AvgIpc) is 1.56. The minimum absolute atomic E-state index is 0.175. The van der Waals surface area contributed by atoms with Crippen LogP contribution in [0.2, 0.25) is 0 Å². The van der Waals surface area contributed by atoms with Gasteiger partial charge in [0.25, 0.3) is 0 Å². The second-order valence-electron chi connectivity index (χ2n) is 1.96. The van der Waals surface area contributed by atoms with E-state index in [0.29, 0.717) is 0 Å². The Kier molecular flexibility index (Phi) is 4.65. The van der Waals surface area contributed by atoms with Gasteiger partial charge in [0.05, 0.1) is 0 Å². The molecule has 0 aromatic carbocycles. The standard InChI is InChI=1S/C3H7Cl3O3P2/c1-2-3(10(4,5)6)11(7,8)9/h3H,2H2,1H3,(H-,7,8,9)/p+1. The molecule has 0 rings (SSSR count). The van der Waals surface area contributed by atoms with Gasteiger partial charge in [-0.05, 0) is 6.42 Å². The molecule has 3 nitrogen and oxygen atoms in total. The number of rotatable bonds is 3. The molecule has 2 N–H and O–H groups in total. The summed E-state index contributed by atoms with van der Waals surface area (Å²) in [6.45, 7) is 1.58. The van der Waals surface area contributed by atoms with Gasteiger partial charge in [0.1, 0.15) is 33.7 Å². The Morgan fingerprint density at radius 2 is 1.82 bits per heavy atom. The molecule has 0 aromatic rings. The molecule has 11 heavy (non-hydrogen) atoms. The van der Waals surface area contributed by atoms with Crippen LogP contribution in [0.5, 0.6) is 0 Å². The SMILES string of the molecule is CCC(P(=O)(O)O)[P+](Cl)(Cl)Cl. The van der Waals surface area contributed by atoms with E-state index in [2.05, 4.69) is 0 Å². The van der Waals surface area contributed by atoms with Gasteiger partial charge in [-0.25, -0.2) is 0 Å². The van der Waals surface area contributed by atoms with E-state index in [0.717, 1.165) is 0 Å². The maximum absolute atomic E-state index is 10.7. The van der Waals surface area contributed by atoms with Crippen LogP contribution in [0.1, 0.15) is 13.3 Å². The lowest BCUT2D eigenvalue weighted by Gasteiger charge is -2.14. The number of hydrogen-bond donors (Lipinski definition) is 2. The molecule has 0 heterocycles. The predicted molar refractivity (Wildman–Crippen MR) is 50.6 cm³/mol. The van der Waals surface area contributed by atoms with Crippen molar-refractivity contribution in [1.29, 1.82) is 0 Å². The third-order valence-electron chi connectivity index (χ3n) is 1.09. The Bertz CT molecular complexity index is 173. The van der Waals surface area contributed by atoms with Gasteiger partial charge in [0, 0.05) is 0 Å². The molecule has 0 saturated heterocycles. The summed E-state index contributed by atoms with van der Waals surface area (Å²) in [6, 6.07) is 0. The normalized spacial score (nSPS) is 16.5. The quantitative estimate of drug-likeness (QED) is 0.765. The van der Waals surface area contributed by atoms with E-state index >= 15 is 0 Å². The van der Waals surface area contributed by atoms with Crippen molar-refractivity contribution in [2.45, 2.75) is 18.7 Å². The highest BCUT2D eigenvalue weighted by molar-refractivity contribution is 8.35. The Morgan fingerprint density at radius 3 is 1.82 bits per heavy atom. The highest BCUT2D eigenvalue weighted by Crippen LogP contribution is 2.84. The minimum atomic E-state index is -4.24. The fourth-order valence-electron chi connectivity index (χ4n) is 0.615. The first kappa shape index (κ1) is 12.4. The Morgan fingerprint density at radius 1 is 1.45 bits per heavy atom. The van der Waals surface area contributed by atoms with E-state index in [1.165, 1.54) is 0 Å².